The number of aliphatic hydroxyl groups excluding tert-OH is 1. The zero-order chi connectivity index (χ0) is 16.4. The van der Waals surface area contributed by atoms with Crippen LogP contribution in [0.4, 0.5) is 19.1 Å². The van der Waals surface area contributed by atoms with Crippen LogP contribution in [0.3, 0.4) is 0 Å². The predicted molar refractivity (Wildman–Crippen MR) is 74.2 cm³/mol. The number of anilines is 1. The lowest BCUT2D eigenvalue weighted by Gasteiger charge is -2.28. The van der Waals surface area contributed by atoms with Gasteiger partial charge in [-0.25, -0.2) is 4.98 Å². The molecule has 0 unspecified atom stereocenters. The van der Waals surface area contributed by atoms with Crippen LogP contribution in [0.5, 0.6) is 5.88 Å². The summed E-state index contributed by atoms with van der Waals surface area (Å²) in [4.78, 5) is 7.62. The van der Waals surface area contributed by atoms with Crippen molar-refractivity contribution in [3.8, 4) is 5.88 Å². The van der Waals surface area contributed by atoms with Gasteiger partial charge in [-0.05, 0) is 25.7 Å². The number of rotatable bonds is 4. The minimum atomic E-state index is -4.58. The summed E-state index contributed by atoms with van der Waals surface area (Å²) in [5.74, 6) is -0.410. The first-order valence-electron chi connectivity index (χ1n) is 7.55. The van der Waals surface area contributed by atoms with E-state index in [-0.39, 0.29) is 25.2 Å². The zero-order valence-electron chi connectivity index (χ0n) is 12.3. The Hall–Kier alpha value is -1.61. The van der Waals surface area contributed by atoms with Gasteiger partial charge >= 0.3 is 6.18 Å². The number of hydrogen-bond acceptors (Lipinski definition) is 6. The molecule has 2 N–H and O–H groups in total. The average molecular weight is 333 g/mol. The van der Waals surface area contributed by atoms with Crippen molar-refractivity contribution in [2.45, 2.75) is 50.1 Å². The summed E-state index contributed by atoms with van der Waals surface area (Å²) in [7, 11) is 0. The molecule has 1 saturated heterocycles. The number of aliphatic hydroxyl groups is 1. The third-order valence-electron chi connectivity index (χ3n) is 3.92. The molecule has 2 atom stereocenters. The van der Waals surface area contributed by atoms with Crippen LogP contribution in [0.1, 0.15) is 31.2 Å². The van der Waals surface area contributed by atoms with Crippen molar-refractivity contribution in [2.24, 2.45) is 0 Å². The van der Waals surface area contributed by atoms with Crippen LogP contribution in [0.15, 0.2) is 6.20 Å². The van der Waals surface area contributed by atoms with Crippen molar-refractivity contribution in [3.05, 3.63) is 11.8 Å². The highest BCUT2D eigenvalue weighted by atomic mass is 19.4. The molecule has 1 aromatic rings. The van der Waals surface area contributed by atoms with E-state index in [0.29, 0.717) is 6.42 Å². The molecule has 6 nitrogen and oxygen atoms in total. The molecule has 3 rings (SSSR count). The highest BCUT2D eigenvalue weighted by molar-refractivity contribution is 5.36. The van der Waals surface area contributed by atoms with Gasteiger partial charge in [0.15, 0.2) is 0 Å². The lowest BCUT2D eigenvalue weighted by atomic mass is 9.93. The van der Waals surface area contributed by atoms with Gasteiger partial charge in [-0.2, -0.15) is 18.2 Å². The fraction of sp³-hybridized carbons (Fsp3) is 0.714. The minimum absolute atomic E-state index is 0.0598. The smallest absolute Gasteiger partial charge is 0.423 e. The molecule has 9 heteroatoms. The van der Waals surface area contributed by atoms with Crippen molar-refractivity contribution in [2.75, 3.05) is 18.5 Å². The summed E-state index contributed by atoms with van der Waals surface area (Å²) in [5.41, 5.74) is -1.00. The summed E-state index contributed by atoms with van der Waals surface area (Å²) in [6, 6.07) is -0.0598. The fourth-order valence-electron chi connectivity index (χ4n) is 2.64. The van der Waals surface area contributed by atoms with Gasteiger partial charge in [-0.1, -0.05) is 0 Å². The molecule has 1 aliphatic carbocycles. The Kier molecular flexibility index (Phi) is 4.58. The van der Waals surface area contributed by atoms with Crippen LogP contribution in [0.25, 0.3) is 0 Å². The zero-order valence-corrected chi connectivity index (χ0v) is 12.3. The molecule has 0 bridgehead atoms. The van der Waals surface area contributed by atoms with E-state index < -0.39 is 29.8 Å². The van der Waals surface area contributed by atoms with Crippen LogP contribution >= 0.6 is 0 Å². The van der Waals surface area contributed by atoms with Gasteiger partial charge in [-0.15, -0.1) is 0 Å². The first-order valence-corrected chi connectivity index (χ1v) is 7.55. The first kappa shape index (κ1) is 16.3. The van der Waals surface area contributed by atoms with Gasteiger partial charge in [0.1, 0.15) is 11.7 Å². The van der Waals surface area contributed by atoms with E-state index in [9.17, 15) is 18.3 Å². The van der Waals surface area contributed by atoms with E-state index in [1.807, 2.05) is 0 Å². The summed E-state index contributed by atoms with van der Waals surface area (Å²) in [5, 5.41) is 12.6. The maximum atomic E-state index is 13.0. The largest absolute Gasteiger partial charge is 0.469 e. The third kappa shape index (κ3) is 4.03. The Labute approximate surface area is 131 Å². The van der Waals surface area contributed by atoms with Crippen LogP contribution in [-0.2, 0) is 10.9 Å². The van der Waals surface area contributed by atoms with Crippen LogP contribution in [0, 0.1) is 0 Å². The molecule has 1 aliphatic heterocycles. The van der Waals surface area contributed by atoms with E-state index in [2.05, 4.69) is 15.3 Å². The van der Waals surface area contributed by atoms with Gasteiger partial charge in [0.05, 0.1) is 19.3 Å². The number of nitrogens with one attached hydrogen (secondary N) is 1. The Morgan fingerprint density at radius 3 is 2.70 bits per heavy atom. The third-order valence-corrected chi connectivity index (χ3v) is 3.92. The lowest BCUT2D eigenvalue weighted by molar-refractivity contribution is -0.142. The molecule has 2 fully saturated rings. The number of aromatic nitrogens is 2. The van der Waals surface area contributed by atoms with E-state index >= 15 is 0 Å². The molecule has 2 aliphatic rings. The molecule has 23 heavy (non-hydrogen) atoms. The topological polar surface area (TPSA) is 76.5 Å². The Morgan fingerprint density at radius 2 is 2.09 bits per heavy atom. The van der Waals surface area contributed by atoms with Crippen molar-refractivity contribution in [3.63, 3.8) is 0 Å². The van der Waals surface area contributed by atoms with E-state index in [1.54, 1.807) is 0 Å². The fourth-order valence-corrected chi connectivity index (χ4v) is 2.64. The van der Waals surface area contributed by atoms with Gasteiger partial charge in [0.2, 0.25) is 11.8 Å². The molecule has 2 heterocycles. The maximum Gasteiger partial charge on any atom is 0.423 e. The molecule has 1 saturated carbocycles. The van der Waals surface area contributed by atoms with Gasteiger partial charge in [-0.3, -0.25) is 0 Å². The Bertz CT molecular complexity index is 552. The predicted octanol–water partition coefficient (Wildman–Crippen LogP) is 1.99. The number of nitrogens with zero attached hydrogens (tertiary/aromatic N) is 2. The number of hydrogen-bond donors (Lipinski definition) is 2. The number of ether oxygens (including phenoxy) is 2. The number of halogens is 3. The minimum Gasteiger partial charge on any atom is -0.469 e. The summed E-state index contributed by atoms with van der Waals surface area (Å²) < 4.78 is 49.2. The second-order valence-corrected chi connectivity index (χ2v) is 5.85. The van der Waals surface area contributed by atoms with Crippen LogP contribution in [-0.4, -0.2) is 46.5 Å². The normalized spacial score (nSPS) is 25.7. The summed E-state index contributed by atoms with van der Waals surface area (Å²) >= 11 is 0. The molecular formula is C14H18F3N3O3. The molecule has 0 amide bonds. The standard InChI is InChI=1S/C14H18F3N3O3/c15-14(16,17)11-5-18-13(19-8-2-1-3-9(21)4-8)20-12(11)23-10-6-22-7-10/h5,8-10,21H,1-4,6-7H2,(H,18,19,20)/t8-,9-/m1/s1. The van der Waals surface area contributed by atoms with Crippen molar-refractivity contribution in [1.82, 2.24) is 9.97 Å². The van der Waals surface area contributed by atoms with Crippen LogP contribution in [0.2, 0.25) is 0 Å². The first-order chi connectivity index (χ1) is 10.9. The maximum absolute atomic E-state index is 13.0. The monoisotopic (exact) mass is 333 g/mol. The van der Waals surface area contributed by atoms with Crippen molar-refractivity contribution < 1.29 is 27.8 Å². The highest BCUT2D eigenvalue weighted by Crippen LogP contribution is 2.36. The second-order valence-electron chi connectivity index (χ2n) is 5.85. The Morgan fingerprint density at radius 1 is 1.30 bits per heavy atom. The molecule has 0 aromatic carbocycles. The second kappa shape index (κ2) is 6.48. The van der Waals surface area contributed by atoms with Gasteiger partial charge in [0, 0.05) is 12.2 Å². The Balaban J connectivity index is 1.76. The van der Waals surface area contributed by atoms with Gasteiger partial charge in [0.25, 0.3) is 0 Å². The number of alkyl halides is 3. The van der Waals surface area contributed by atoms with Crippen molar-refractivity contribution >= 4 is 5.95 Å². The summed E-state index contributed by atoms with van der Waals surface area (Å²) in [6.45, 7) is 0.498. The van der Waals surface area contributed by atoms with E-state index in [1.165, 1.54) is 0 Å². The van der Waals surface area contributed by atoms with Gasteiger partial charge < -0.3 is 19.9 Å². The molecule has 1 aromatic heterocycles. The quantitative estimate of drug-likeness (QED) is 0.878. The van der Waals surface area contributed by atoms with Crippen molar-refractivity contribution in [1.29, 1.82) is 0 Å². The van der Waals surface area contributed by atoms with E-state index in [0.717, 1.165) is 25.5 Å². The lowest BCUT2D eigenvalue weighted by Crippen LogP contribution is -2.39. The highest BCUT2D eigenvalue weighted by Gasteiger charge is 2.38. The molecule has 0 spiro atoms. The van der Waals surface area contributed by atoms with E-state index in [4.69, 9.17) is 9.47 Å². The molecule has 128 valence electrons. The summed E-state index contributed by atoms with van der Waals surface area (Å²) in [6.07, 6.45) is -1.76. The van der Waals surface area contributed by atoms with Crippen LogP contribution < -0.4 is 10.1 Å². The SMILES string of the molecule is O[C@@H]1CCC[C@@H](Nc2ncc(C(F)(F)F)c(OC3COC3)n2)C1. The molecular weight excluding hydrogens is 315 g/mol. The average Bonchev–Trinajstić information content (AvgIpc) is 2.42. The molecule has 0 radical (unpaired) electrons.